The zero-order chi connectivity index (χ0) is 33.3. The number of amides is 5. The van der Waals surface area contributed by atoms with Crippen LogP contribution in [0.4, 0.5) is 0 Å². The first-order chi connectivity index (χ1) is 20.5. The van der Waals surface area contributed by atoms with E-state index in [1.807, 2.05) is 85.7 Å². The third kappa shape index (κ3) is 10.3. The smallest absolute Gasteiger partial charge is 0.245 e. The summed E-state index contributed by atoms with van der Waals surface area (Å²) in [6.07, 6.45) is 1.27. The van der Waals surface area contributed by atoms with E-state index < -0.39 is 53.8 Å². The van der Waals surface area contributed by atoms with E-state index in [9.17, 15) is 24.0 Å². The number of nitrogens with zero attached hydrogens (tertiary/aromatic N) is 2. The first kappa shape index (κ1) is 36.8. The Hall–Kier alpha value is -3.43. The van der Waals surface area contributed by atoms with Crippen LogP contribution in [-0.4, -0.2) is 83.6 Å². The number of rotatable bonds is 9. The minimum absolute atomic E-state index is 0.0605. The molecule has 0 radical (unpaired) electrons. The maximum Gasteiger partial charge on any atom is 0.245 e. The number of benzene rings is 1. The Morgan fingerprint density at radius 2 is 1.05 bits per heavy atom. The molecule has 5 amide bonds. The first-order valence-corrected chi connectivity index (χ1v) is 16.0. The third-order valence-electron chi connectivity index (χ3n) is 8.04. The van der Waals surface area contributed by atoms with Crippen LogP contribution >= 0.6 is 0 Å². The second-order valence-electron chi connectivity index (χ2n) is 13.9. The third-order valence-corrected chi connectivity index (χ3v) is 8.04. The molecule has 0 bridgehead atoms. The topological polar surface area (TPSA) is 128 Å². The Morgan fingerprint density at radius 3 is 1.52 bits per heavy atom. The first-order valence-electron chi connectivity index (χ1n) is 16.0. The molecule has 0 aromatic heterocycles. The molecule has 0 saturated carbocycles. The Labute approximate surface area is 264 Å². The quantitative estimate of drug-likeness (QED) is 0.394. The highest BCUT2D eigenvalue weighted by Gasteiger charge is 2.40. The molecule has 1 aliphatic rings. The van der Waals surface area contributed by atoms with E-state index in [4.69, 9.17) is 0 Å². The molecule has 5 atom stereocenters. The van der Waals surface area contributed by atoms with Gasteiger partial charge in [0.1, 0.15) is 30.2 Å². The molecule has 10 heteroatoms. The van der Waals surface area contributed by atoms with Gasteiger partial charge in [0, 0.05) is 20.5 Å². The van der Waals surface area contributed by atoms with Crippen molar-refractivity contribution in [1.82, 2.24) is 25.8 Å². The van der Waals surface area contributed by atoms with Gasteiger partial charge in [-0.25, -0.2) is 0 Å². The molecule has 1 fully saturated rings. The molecule has 2 rings (SSSR count). The zero-order valence-electron chi connectivity index (χ0n) is 28.3. The summed E-state index contributed by atoms with van der Waals surface area (Å²) in [4.78, 5) is 72.5. The lowest BCUT2D eigenvalue weighted by molar-refractivity contribution is -0.146. The molecule has 10 nitrogen and oxygen atoms in total. The molecule has 246 valence electrons. The van der Waals surface area contributed by atoms with E-state index in [2.05, 4.69) is 16.0 Å². The number of carbonyl (C=O) groups excluding carboxylic acids is 5. The average molecular weight is 614 g/mol. The highest BCUT2D eigenvalue weighted by atomic mass is 16.2. The van der Waals surface area contributed by atoms with Crippen LogP contribution in [0.25, 0.3) is 0 Å². The van der Waals surface area contributed by atoms with Gasteiger partial charge in [-0.2, -0.15) is 0 Å². The molecule has 1 aromatic rings. The molecule has 3 N–H and O–H groups in total. The van der Waals surface area contributed by atoms with Crippen LogP contribution < -0.4 is 16.0 Å². The molecule has 0 unspecified atom stereocenters. The maximum absolute atomic E-state index is 14.0. The number of hydrogen-bond donors (Lipinski definition) is 3. The van der Waals surface area contributed by atoms with Crippen molar-refractivity contribution < 1.29 is 24.0 Å². The zero-order valence-corrected chi connectivity index (χ0v) is 28.3. The number of hydrogen-bond acceptors (Lipinski definition) is 5. The fourth-order valence-corrected chi connectivity index (χ4v) is 5.84. The predicted octanol–water partition coefficient (Wildman–Crippen LogP) is 3.15. The van der Waals surface area contributed by atoms with Gasteiger partial charge >= 0.3 is 0 Å². The molecule has 1 aliphatic heterocycles. The van der Waals surface area contributed by atoms with Crippen molar-refractivity contribution in [2.24, 2.45) is 23.7 Å². The van der Waals surface area contributed by atoms with Crippen molar-refractivity contribution in [1.29, 1.82) is 0 Å². The molecular weight excluding hydrogens is 558 g/mol. The Balaban J connectivity index is 2.71. The van der Waals surface area contributed by atoms with E-state index in [1.54, 1.807) is 14.1 Å². The van der Waals surface area contributed by atoms with Crippen LogP contribution in [0.3, 0.4) is 0 Å². The summed E-state index contributed by atoms with van der Waals surface area (Å²) in [7, 11) is 3.14. The lowest BCUT2D eigenvalue weighted by Gasteiger charge is -2.35. The summed E-state index contributed by atoms with van der Waals surface area (Å²) in [5, 5.41) is 8.77. The van der Waals surface area contributed by atoms with Gasteiger partial charge in [0.25, 0.3) is 0 Å². The summed E-state index contributed by atoms with van der Waals surface area (Å²) in [6, 6.07) is 4.80. The molecule has 0 aliphatic carbocycles. The molecular formula is C34H55N5O5. The normalized spacial score (nSPS) is 24.9. The van der Waals surface area contributed by atoms with Crippen molar-refractivity contribution in [2.75, 3.05) is 14.1 Å². The van der Waals surface area contributed by atoms with Crippen LogP contribution in [0, 0.1) is 23.7 Å². The SMILES string of the molecule is CC(C)C[C@@H]1C(=O)N[C@H](Cc2ccccc2)C(=O)N[C@H](CC(C)C)C(=O)N(C)[C@H](C(C)C)C(=O)N[C@H](CC(C)C)C(=O)N1C. The van der Waals surface area contributed by atoms with Crippen molar-refractivity contribution in [3.05, 3.63) is 35.9 Å². The van der Waals surface area contributed by atoms with E-state index in [0.29, 0.717) is 19.3 Å². The summed E-state index contributed by atoms with van der Waals surface area (Å²) >= 11 is 0. The second kappa shape index (κ2) is 16.6. The molecule has 1 saturated heterocycles. The van der Waals surface area contributed by atoms with Crippen LogP contribution in [0.5, 0.6) is 0 Å². The predicted molar refractivity (Wildman–Crippen MR) is 172 cm³/mol. The van der Waals surface area contributed by atoms with Gasteiger partial charge in [-0.05, 0) is 48.5 Å². The fraction of sp³-hybridized carbons (Fsp3) is 0.676. The Bertz CT molecular complexity index is 1140. The fourth-order valence-electron chi connectivity index (χ4n) is 5.84. The molecule has 1 heterocycles. The van der Waals surface area contributed by atoms with Crippen molar-refractivity contribution in [3.8, 4) is 0 Å². The highest BCUT2D eigenvalue weighted by Crippen LogP contribution is 2.19. The van der Waals surface area contributed by atoms with Crippen molar-refractivity contribution in [3.63, 3.8) is 0 Å². The van der Waals surface area contributed by atoms with Crippen LogP contribution in [0.2, 0.25) is 0 Å². The van der Waals surface area contributed by atoms with Gasteiger partial charge in [0.2, 0.25) is 29.5 Å². The van der Waals surface area contributed by atoms with Crippen LogP contribution in [-0.2, 0) is 30.4 Å². The molecule has 1 aromatic carbocycles. The lowest BCUT2D eigenvalue weighted by Crippen LogP contribution is -2.59. The van der Waals surface area contributed by atoms with E-state index in [-0.39, 0.29) is 36.0 Å². The second-order valence-corrected chi connectivity index (χ2v) is 13.9. The monoisotopic (exact) mass is 613 g/mol. The summed E-state index contributed by atoms with van der Waals surface area (Å²) in [5.41, 5.74) is 0.839. The van der Waals surface area contributed by atoms with Gasteiger partial charge < -0.3 is 25.8 Å². The average Bonchev–Trinajstić information content (AvgIpc) is 2.92. The van der Waals surface area contributed by atoms with Gasteiger partial charge in [-0.3, -0.25) is 24.0 Å². The summed E-state index contributed by atoms with van der Waals surface area (Å²) in [5.74, 6) is -2.27. The van der Waals surface area contributed by atoms with E-state index in [1.165, 1.54) is 9.80 Å². The van der Waals surface area contributed by atoms with Gasteiger partial charge in [-0.1, -0.05) is 85.7 Å². The minimum Gasteiger partial charge on any atom is -0.342 e. The van der Waals surface area contributed by atoms with Crippen molar-refractivity contribution >= 4 is 29.5 Å². The molecule has 44 heavy (non-hydrogen) atoms. The van der Waals surface area contributed by atoms with Crippen LogP contribution in [0.15, 0.2) is 30.3 Å². The molecule has 0 spiro atoms. The largest absolute Gasteiger partial charge is 0.342 e. The van der Waals surface area contributed by atoms with Gasteiger partial charge in [0.05, 0.1) is 0 Å². The van der Waals surface area contributed by atoms with E-state index in [0.717, 1.165) is 5.56 Å². The van der Waals surface area contributed by atoms with Gasteiger partial charge in [0.15, 0.2) is 0 Å². The standard InChI is InChI=1S/C34H55N5O5/c1-20(2)16-26-33(43)38(9)28(18-22(5)6)31(41)35-25(19-24-14-12-11-13-15-24)30(40)36-27(17-21(3)4)34(44)39(10)29(23(7)8)32(42)37-26/h11-15,20-23,25-29H,16-19H2,1-10H3,(H,35,41)(H,36,40)(H,37,42)/t25-,26-,27-,28-,29-/m1/s1. The Morgan fingerprint density at radius 1 is 0.591 bits per heavy atom. The highest BCUT2D eigenvalue weighted by molar-refractivity contribution is 5.98. The maximum atomic E-state index is 14.0. The number of carbonyl (C=O) groups is 5. The number of likely N-dealkylation sites (N-methyl/N-ethyl adjacent to an activating group) is 2. The van der Waals surface area contributed by atoms with Crippen LogP contribution in [0.1, 0.15) is 80.2 Å². The lowest BCUT2D eigenvalue weighted by atomic mass is 9.96. The van der Waals surface area contributed by atoms with Gasteiger partial charge in [-0.15, -0.1) is 0 Å². The summed E-state index contributed by atoms with van der Waals surface area (Å²) in [6.45, 7) is 15.5. The number of nitrogens with one attached hydrogen (secondary N) is 3. The van der Waals surface area contributed by atoms with E-state index >= 15 is 0 Å². The minimum atomic E-state index is -0.993. The Kier molecular flexibility index (Phi) is 13.9. The van der Waals surface area contributed by atoms with Crippen molar-refractivity contribution in [2.45, 2.75) is 111 Å². The summed E-state index contributed by atoms with van der Waals surface area (Å²) < 4.78 is 0.